The Morgan fingerprint density at radius 1 is 0.970 bits per heavy atom. The van der Waals surface area contributed by atoms with E-state index < -0.39 is 5.97 Å². The predicted octanol–water partition coefficient (Wildman–Crippen LogP) is 6.74. The Morgan fingerprint density at radius 2 is 1.61 bits per heavy atom. The van der Waals surface area contributed by atoms with Crippen molar-refractivity contribution in [2.75, 3.05) is 0 Å². The van der Waals surface area contributed by atoms with Crippen LogP contribution in [0.2, 0.25) is 0 Å². The van der Waals surface area contributed by atoms with Gasteiger partial charge in [0, 0.05) is 22.3 Å². The molecule has 0 saturated heterocycles. The average Bonchev–Trinajstić information content (AvgIpc) is 3.35. The first-order valence-corrected chi connectivity index (χ1v) is 11.8. The summed E-state index contributed by atoms with van der Waals surface area (Å²) >= 11 is 1.39. The number of phenolic OH excluding ortho intramolecular Hbond substituents is 1. The zero-order valence-electron chi connectivity index (χ0n) is 19.8. The molecule has 2 heterocycles. The fraction of sp³-hybridized carbons (Fsp3) is 0.286. The van der Waals surface area contributed by atoms with Gasteiger partial charge in [-0.05, 0) is 64.2 Å². The van der Waals surface area contributed by atoms with Crippen LogP contribution in [0.25, 0.3) is 11.6 Å². The summed E-state index contributed by atoms with van der Waals surface area (Å²) in [6, 6.07) is 12.6. The van der Waals surface area contributed by atoms with Crippen molar-refractivity contribution in [1.29, 1.82) is 0 Å². The van der Waals surface area contributed by atoms with Crippen LogP contribution in [-0.2, 0) is 15.6 Å². The Hall–Kier alpha value is -3.18. The average molecular weight is 461 g/mol. The van der Waals surface area contributed by atoms with Gasteiger partial charge in [-0.2, -0.15) is 0 Å². The summed E-state index contributed by atoms with van der Waals surface area (Å²) in [5.41, 5.74) is 3.38. The SMILES string of the molecule is CC(C)(C)c1cc(C=C2C(=O)Oc3ccc(C(=O)c4cccs4)cc32)cc(C(C)(C)C)c1O. The minimum Gasteiger partial charge on any atom is -0.507 e. The quantitative estimate of drug-likeness (QED) is 0.203. The van der Waals surface area contributed by atoms with Crippen LogP contribution >= 0.6 is 11.3 Å². The molecule has 1 aromatic heterocycles. The van der Waals surface area contributed by atoms with E-state index in [-0.39, 0.29) is 22.4 Å². The summed E-state index contributed by atoms with van der Waals surface area (Å²) in [4.78, 5) is 26.2. The normalized spacial score (nSPS) is 15.0. The third-order valence-corrected chi connectivity index (χ3v) is 6.63. The van der Waals surface area contributed by atoms with Crippen LogP contribution in [0.3, 0.4) is 0 Å². The maximum Gasteiger partial charge on any atom is 0.344 e. The summed E-state index contributed by atoms with van der Waals surface area (Å²) < 4.78 is 5.47. The standard InChI is InChI=1S/C28H28O4S/c1-27(2,3)20-13-16(14-21(25(20)30)28(4,5)6)12-19-18-15-17(9-10-22(18)32-26(19)31)24(29)23-8-7-11-33-23/h7-15,30H,1-6H3. The van der Waals surface area contributed by atoms with Gasteiger partial charge in [-0.25, -0.2) is 4.79 Å². The summed E-state index contributed by atoms with van der Waals surface area (Å²) in [6.07, 6.45) is 1.79. The maximum absolute atomic E-state index is 12.8. The van der Waals surface area contributed by atoms with Crippen LogP contribution in [0.15, 0.2) is 47.8 Å². The number of thiophene rings is 1. The van der Waals surface area contributed by atoms with Crippen molar-refractivity contribution in [3.63, 3.8) is 0 Å². The van der Waals surface area contributed by atoms with Crippen molar-refractivity contribution in [2.24, 2.45) is 0 Å². The molecule has 3 aromatic rings. The molecule has 0 atom stereocenters. The molecule has 1 aliphatic rings. The van der Waals surface area contributed by atoms with E-state index in [1.54, 1.807) is 30.3 Å². The molecular weight excluding hydrogens is 432 g/mol. The van der Waals surface area contributed by atoms with Crippen LogP contribution < -0.4 is 4.74 Å². The fourth-order valence-corrected chi connectivity index (χ4v) is 4.66. The van der Waals surface area contributed by atoms with Gasteiger partial charge in [-0.1, -0.05) is 47.6 Å². The molecule has 170 valence electrons. The third kappa shape index (κ3) is 4.38. The summed E-state index contributed by atoms with van der Waals surface area (Å²) in [5.74, 6) is 0.199. The van der Waals surface area contributed by atoms with Crippen LogP contribution in [0.4, 0.5) is 0 Å². The highest BCUT2D eigenvalue weighted by Gasteiger charge is 2.30. The van der Waals surface area contributed by atoms with Crippen LogP contribution in [0.5, 0.6) is 11.5 Å². The number of ether oxygens (including phenoxy) is 1. The van der Waals surface area contributed by atoms with Gasteiger partial charge in [0.2, 0.25) is 5.78 Å². The number of fused-ring (bicyclic) bond motifs is 1. The fourth-order valence-electron chi connectivity index (χ4n) is 3.97. The van der Waals surface area contributed by atoms with Gasteiger partial charge in [0.1, 0.15) is 11.5 Å². The number of carbonyl (C=O) groups is 2. The molecule has 0 fully saturated rings. The number of hydrogen-bond donors (Lipinski definition) is 1. The van der Waals surface area contributed by atoms with E-state index >= 15 is 0 Å². The van der Waals surface area contributed by atoms with Crippen LogP contribution in [0, 0.1) is 0 Å². The molecule has 4 rings (SSSR count). The molecule has 2 aromatic carbocycles. The lowest BCUT2D eigenvalue weighted by molar-refractivity contribution is -0.126. The van der Waals surface area contributed by atoms with Crippen molar-refractivity contribution in [3.8, 4) is 11.5 Å². The second kappa shape index (κ2) is 7.99. The third-order valence-electron chi connectivity index (χ3n) is 5.76. The molecule has 5 heteroatoms. The largest absolute Gasteiger partial charge is 0.507 e. The topological polar surface area (TPSA) is 63.6 Å². The Morgan fingerprint density at radius 3 is 2.15 bits per heavy atom. The van der Waals surface area contributed by atoms with Gasteiger partial charge in [-0.15, -0.1) is 11.3 Å². The molecule has 33 heavy (non-hydrogen) atoms. The van der Waals surface area contributed by atoms with Gasteiger partial charge in [-0.3, -0.25) is 4.79 Å². The lowest BCUT2D eigenvalue weighted by atomic mass is 9.78. The molecule has 0 saturated carbocycles. The van der Waals surface area contributed by atoms with Crippen LogP contribution in [0.1, 0.15) is 79.0 Å². The van der Waals surface area contributed by atoms with Crippen molar-refractivity contribution >= 4 is 34.7 Å². The molecule has 4 nitrogen and oxygen atoms in total. The Kier molecular flexibility index (Phi) is 5.57. The van der Waals surface area contributed by atoms with E-state index in [4.69, 9.17) is 4.74 Å². The minimum atomic E-state index is -0.451. The highest BCUT2D eigenvalue weighted by atomic mass is 32.1. The first-order valence-electron chi connectivity index (χ1n) is 10.9. The number of ketones is 1. The predicted molar refractivity (Wildman–Crippen MR) is 133 cm³/mol. The lowest BCUT2D eigenvalue weighted by Crippen LogP contribution is -2.17. The van der Waals surface area contributed by atoms with Crippen molar-refractivity contribution in [3.05, 3.63) is 80.5 Å². The molecular formula is C28H28O4S. The van der Waals surface area contributed by atoms with Gasteiger partial charge < -0.3 is 9.84 Å². The minimum absolute atomic E-state index is 0.0822. The van der Waals surface area contributed by atoms with Gasteiger partial charge in [0.25, 0.3) is 0 Å². The second-order valence-corrected chi connectivity index (χ2v) is 11.4. The number of aromatic hydroxyl groups is 1. The number of carbonyl (C=O) groups excluding carboxylic acids is 2. The van der Waals surface area contributed by atoms with E-state index in [0.29, 0.717) is 27.3 Å². The molecule has 0 spiro atoms. The van der Waals surface area contributed by atoms with E-state index in [1.807, 2.05) is 65.1 Å². The number of rotatable bonds is 3. The smallest absolute Gasteiger partial charge is 0.344 e. The first kappa shape index (κ1) is 23.0. The molecule has 0 radical (unpaired) electrons. The van der Waals surface area contributed by atoms with Crippen molar-refractivity contribution < 1.29 is 19.4 Å². The summed E-state index contributed by atoms with van der Waals surface area (Å²) in [7, 11) is 0. The Bertz CT molecular complexity index is 1250. The number of benzene rings is 2. The second-order valence-electron chi connectivity index (χ2n) is 10.4. The molecule has 0 aliphatic carbocycles. The maximum atomic E-state index is 12.8. The highest BCUT2D eigenvalue weighted by molar-refractivity contribution is 7.12. The van der Waals surface area contributed by atoms with Crippen molar-refractivity contribution in [1.82, 2.24) is 0 Å². The van der Waals surface area contributed by atoms with Gasteiger partial charge in [0.05, 0.1) is 10.5 Å². The van der Waals surface area contributed by atoms with E-state index in [9.17, 15) is 14.7 Å². The molecule has 0 unspecified atom stereocenters. The molecule has 0 bridgehead atoms. The first-order chi connectivity index (χ1) is 15.4. The molecule has 1 N–H and O–H groups in total. The number of esters is 1. The van der Waals surface area contributed by atoms with Crippen LogP contribution in [-0.4, -0.2) is 16.9 Å². The number of phenols is 1. The van der Waals surface area contributed by atoms with Crippen molar-refractivity contribution in [2.45, 2.75) is 52.4 Å². The monoisotopic (exact) mass is 460 g/mol. The summed E-state index contributed by atoms with van der Waals surface area (Å²) in [5, 5.41) is 12.9. The summed E-state index contributed by atoms with van der Waals surface area (Å²) in [6.45, 7) is 12.3. The Labute approximate surface area is 198 Å². The van der Waals surface area contributed by atoms with E-state index in [0.717, 1.165) is 16.7 Å². The molecule has 1 aliphatic heterocycles. The lowest BCUT2D eigenvalue weighted by Gasteiger charge is -2.28. The zero-order valence-corrected chi connectivity index (χ0v) is 20.6. The highest BCUT2D eigenvalue weighted by Crippen LogP contribution is 2.42. The van der Waals surface area contributed by atoms with Gasteiger partial charge >= 0.3 is 5.97 Å². The number of hydrogen-bond acceptors (Lipinski definition) is 5. The van der Waals surface area contributed by atoms with E-state index in [2.05, 4.69) is 0 Å². The van der Waals surface area contributed by atoms with E-state index in [1.165, 1.54) is 11.3 Å². The zero-order chi connectivity index (χ0) is 24.1. The van der Waals surface area contributed by atoms with Gasteiger partial charge in [0.15, 0.2) is 0 Å². The Balaban J connectivity index is 1.85. The molecule has 0 amide bonds.